The Morgan fingerprint density at radius 3 is 2.48 bits per heavy atom. The van der Waals surface area contributed by atoms with Gasteiger partial charge in [0.1, 0.15) is 5.54 Å². The van der Waals surface area contributed by atoms with Crippen LogP contribution in [-0.2, 0) is 17.6 Å². The summed E-state index contributed by atoms with van der Waals surface area (Å²) in [4.78, 5) is 28.7. The van der Waals surface area contributed by atoms with Crippen LogP contribution >= 0.6 is 22.9 Å². The Bertz CT molecular complexity index is 961. The number of thiophene rings is 1. The zero-order valence-corrected chi connectivity index (χ0v) is 17.9. The Labute approximate surface area is 179 Å². The maximum atomic E-state index is 13.2. The van der Waals surface area contributed by atoms with Crippen LogP contribution in [0.2, 0.25) is 4.34 Å². The van der Waals surface area contributed by atoms with Gasteiger partial charge in [0, 0.05) is 18.8 Å². The smallest absolute Gasteiger partial charge is 0.262 e. The van der Waals surface area contributed by atoms with Gasteiger partial charge in [0.05, 0.1) is 9.21 Å². The molecule has 2 N–H and O–H groups in total. The number of nitrogens with one attached hydrogen (secondary N) is 2. The van der Waals surface area contributed by atoms with E-state index in [1.54, 1.807) is 12.1 Å². The first-order valence-corrected chi connectivity index (χ1v) is 11.0. The Kier molecular flexibility index (Phi) is 5.76. The second kappa shape index (κ2) is 8.30. The molecule has 2 heterocycles. The lowest BCUT2D eigenvalue weighted by molar-refractivity contribution is -0.121. The lowest BCUT2D eigenvalue weighted by Crippen LogP contribution is -2.55. The van der Waals surface area contributed by atoms with E-state index in [0.717, 1.165) is 31.6 Å². The summed E-state index contributed by atoms with van der Waals surface area (Å²) in [5, 5.41) is 5.99. The molecule has 0 spiro atoms. The van der Waals surface area contributed by atoms with E-state index in [0.29, 0.717) is 22.1 Å². The van der Waals surface area contributed by atoms with Crippen LogP contribution in [-0.4, -0.2) is 42.4 Å². The van der Waals surface area contributed by atoms with Crippen molar-refractivity contribution in [2.45, 2.75) is 31.2 Å². The zero-order valence-electron chi connectivity index (χ0n) is 16.3. The molecule has 0 saturated heterocycles. The van der Waals surface area contributed by atoms with Crippen LogP contribution in [0.25, 0.3) is 0 Å². The van der Waals surface area contributed by atoms with Gasteiger partial charge >= 0.3 is 0 Å². The topological polar surface area (TPSA) is 61.4 Å². The third-order valence-electron chi connectivity index (χ3n) is 5.67. The van der Waals surface area contributed by atoms with Crippen LogP contribution in [0.1, 0.15) is 33.6 Å². The SMILES string of the molecule is CN1CCc2ccc(NC(=O)C3(NC(=O)c4ccc(Cl)s4)CC=CC3)cc2CC1. The highest BCUT2D eigenvalue weighted by atomic mass is 35.5. The molecule has 0 fully saturated rings. The molecule has 4 rings (SSSR count). The number of likely N-dealkylation sites (N-methyl/N-ethyl adjacent to an activating group) is 1. The van der Waals surface area contributed by atoms with Crippen molar-refractivity contribution in [3.8, 4) is 0 Å². The summed E-state index contributed by atoms with van der Waals surface area (Å²) in [6, 6.07) is 9.51. The lowest BCUT2D eigenvalue weighted by atomic mass is 9.94. The average molecular weight is 430 g/mol. The summed E-state index contributed by atoms with van der Waals surface area (Å²) in [6.45, 7) is 2.06. The van der Waals surface area contributed by atoms with Crippen molar-refractivity contribution >= 4 is 40.4 Å². The summed E-state index contributed by atoms with van der Waals surface area (Å²) in [5.41, 5.74) is 2.43. The van der Waals surface area contributed by atoms with Crippen LogP contribution in [0.4, 0.5) is 5.69 Å². The van der Waals surface area contributed by atoms with Gasteiger partial charge in [0.25, 0.3) is 11.8 Å². The normalized spacial score (nSPS) is 18.1. The number of nitrogens with zero attached hydrogens (tertiary/aromatic N) is 1. The second-order valence-corrected chi connectivity index (χ2v) is 9.48. The number of fused-ring (bicyclic) bond motifs is 1. The van der Waals surface area contributed by atoms with E-state index in [1.807, 2.05) is 18.2 Å². The summed E-state index contributed by atoms with van der Waals surface area (Å²) < 4.78 is 0.550. The highest BCUT2D eigenvalue weighted by Crippen LogP contribution is 2.29. The molecule has 0 saturated carbocycles. The summed E-state index contributed by atoms with van der Waals surface area (Å²) >= 11 is 7.16. The number of halogens is 1. The van der Waals surface area contributed by atoms with Crippen LogP contribution in [0.3, 0.4) is 0 Å². The van der Waals surface area contributed by atoms with Crippen molar-refractivity contribution in [1.29, 1.82) is 0 Å². The van der Waals surface area contributed by atoms with E-state index in [4.69, 9.17) is 11.6 Å². The molecule has 0 bridgehead atoms. The van der Waals surface area contributed by atoms with Gasteiger partial charge in [0.15, 0.2) is 0 Å². The number of anilines is 1. The summed E-state index contributed by atoms with van der Waals surface area (Å²) in [7, 11) is 2.13. The van der Waals surface area contributed by atoms with Gasteiger partial charge in [0.2, 0.25) is 0 Å². The van der Waals surface area contributed by atoms with Crippen LogP contribution < -0.4 is 10.6 Å². The first-order valence-electron chi connectivity index (χ1n) is 9.80. The first kappa shape index (κ1) is 20.1. The monoisotopic (exact) mass is 429 g/mol. The second-order valence-electron chi connectivity index (χ2n) is 7.76. The van der Waals surface area contributed by atoms with Gasteiger partial charge < -0.3 is 15.5 Å². The molecule has 0 radical (unpaired) electrons. The average Bonchev–Trinajstić information content (AvgIpc) is 3.31. The van der Waals surface area contributed by atoms with Gasteiger partial charge in [-0.2, -0.15) is 0 Å². The number of hydrogen-bond donors (Lipinski definition) is 2. The fraction of sp³-hybridized carbons (Fsp3) is 0.364. The highest BCUT2D eigenvalue weighted by Gasteiger charge is 2.40. The fourth-order valence-electron chi connectivity index (χ4n) is 3.88. The Morgan fingerprint density at radius 2 is 1.79 bits per heavy atom. The molecular formula is C22H24ClN3O2S. The zero-order chi connectivity index (χ0) is 20.4. The standard InChI is InChI=1S/C22H24ClN3O2S/c1-26-12-8-15-4-5-17(14-16(15)9-13-26)24-21(28)22(10-2-3-11-22)25-20(27)18-6-7-19(23)29-18/h2-7,14H,8-13H2,1H3,(H,24,28)(H,25,27). The molecule has 1 aliphatic heterocycles. The molecule has 152 valence electrons. The van der Waals surface area contributed by atoms with E-state index in [1.165, 1.54) is 22.5 Å². The van der Waals surface area contributed by atoms with Crippen molar-refractivity contribution in [3.05, 3.63) is 62.8 Å². The van der Waals surface area contributed by atoms with Crippen molar-refractivity contribution in [3.63, 3.8) is 0 Å². The van der Waals surface area contributed by atoms with Gasteiger partial charge in [-0.15, -0.1) is 11.3 Å². The van der Waals surface area contributed by atoms with Gasteiger partial charge in [-0.05, 0) is 68.1 Å². The number of amides is 2. The lowest BCUT2D eigenvalue weighted by Gasteiger charge is -2.29. The van der Waals surface area contributed by atoms with E-state index in [-0.39, 0.29) is 11.8 Å². The maximum absolute atomic E-state index is 13.2. The molecule has 1 aromatic heterocycles. The fourth-order valence-corrected chi connectivity index (χ4v) is 4.82. The van der Waals surface area contributed by atoms with Gasteiger partial charge in [-0.3, -0.25) is 9.59 Å². The molecule has 0 unspecified atom stereocenters. The number of benzene rings is 1. The minimum Gasteiger partial charge on any atom is -0.336 e. The molecule has 2 amide bonds. The molecule has 7 heteroatoms. The minimum atomic E-state index is -0.972. The third kappa shape index (κ3) is 4.39. The van der Waals surface area contributed by atoms with Gasteiger partial charge in [-0.25, -0.2) is 0 Å². The first-order chi connectivity index (χ1) is 13.9. The molecule has 0 atom stereocenters. The summed E-state index contributed by atoms with van der Waals surface area (Å²) in [5.74, 6) is -0.463. The highest BCUT2D eigenvalue weighted by molar-refractivity contribution is 7.18. The number of carbonyl (C=O) groups is 2. The van der Waals surface area contributed by atoms with Crippen molar-refractivity contribution in [2.24, 2.45) is 0 Å². The number of carbonyl (C=O) groups excluding carboxylic acids is 2. The van der Waals surface area contributed by atoms with E-state index in [9.17, 15) is 9.59 Å². The van der Waals surface area contributed by atoms with Gasteiger partial charge in [-0.1, -0.05) is 29.8 Å². The van der Waals surface area contributed by atoms with E-state index >= 15 is 0 Å². The molecule has 1 aromatic carbocycles. The number of hydrogen-bond acceptors (Lipinski definition) is 4. The molecular weight excluding hydrogens is 406 g/mol. The maximum Gasteiger partial charge on any atom is 0.262 e. The van der Waals surface area contributed by atoms with Crippen LogP contribution in [0.15, 0.2) is 42.5 Å². The quantitative estimate of drug-likeness (QED) is 0.725. The van der Waals surface area contributed by atoms with Crippen LogP contribution in [0, 0.1) is 0 Å². The van der Waals surface area contributed by atoms with Crippen molar-refractivity contribution in [2.75, 3.05) is 25.5 Å². The van der Waals surface area contributed by atoms with Crippen molar-refractivity contribution in [1.82, 2.24) is 10.2 Å². The summed E-state index contributed by atoms with van der Waals surface area (Å²) in [6.07, 6.45) is 6.81. The minimum absolute atomic E-state index is 0.191. The molecule has 5 nitrogen and oxygen atoms in total. The van der Waals surface area contributed by atoms with E-state index < -0.39 is 5.54 Å². The molecule has 29 heavy (non-hydrogen) atoms. The number of rotatable bonds is 4. The Balaban J connectivity index is 1.50. The molecule has 2 aliphatic rings. The third-order valence-corrected chi connectivity index (χ3v) is 6.90. The predicted octanol–water partition coefficient (Wildman–Crippen LogP) is 3.89. The van der Waals surface area contributed by atoms with Crippen LogP contribution in [0.5, 0.6) is 0 Å². The molecule has 2 aromatic rings. The Morgan fingerprint density at radius 1 is 1.07 bits per heavy atom. The Hall–Kier alpha value is -2.15. The predicted molar refractivity (Wildman–Crippen MR) is 118 cm³/mol. The van der Waals surface area contributed by atoms with E-state index in [2.05, 4.69) is 34.7 Å². The largest absolute Gasteiger partial charge is 0.336 e. The molecule has 1 aliphatic carbocycles. The van der Waals surface area contributed by atoms with Crippen molar-refractivity contribution < 1.29 is 9.59 Å².